The first kappa shape index (κ1) is 17.4. The molecule has 0 aromatic heterocycles. The summed E-state index contributed by atoms with van der Waals surface area (Å²) in [6.45, 7) is 0.0897. The van der Waals surface area contributed by atoms with Crippen LogP contribution in [-0.4, -0.2) is 18.1 Å². The second-order valence-electron chi connectivity index (χ2n) is 4.94. The Morgan fingerprint density at radius 1 is 1.29 bits per heavy atom. The lowest BCUT2D eigenvalue weighted by Gasteiger charge is -2.17. The maximum atomic E-state index is 13.9. The van der Waals surface area contributed by atoms with E-state index in [1.165, 1.54) is 0 Å². The molecule has 5 nitrogen and oxygen atoms in total. The van der Waals surface area contributed by atoms with Gasteiger partial charge in [-0.15, -0.1) is 0 Å². The fourth-order valence-electron chi connectivity index (χ4n) is 2.13. The summed E-state index contributed by atoms with van der Waals surface area (Å²) >= 11 is 0. The third-order valence-electron chi connectivity index (χ3n) is 3.39. The summed E-state index contributed by atoms with van der Waals surface area (Å²) in [5.41, 5.74) is 0.521. The molecule has 2 N–H and O–H groups in total. The third kappa shape index (κ3) is 3.67. The van der Waals surface area contributed by atoms with Crippen molar-refractivity contribution in [2.24, 2.45) is 0 Å². The van der Waals surface area contributed by atoms with Crippen molar-refractivity contribution in [1.82, 2.24) is 5.32 Å². The van der Waals surface area contributed by atoms with Gasteiger partial charge in [0.2, 0.25) is 0 Å². The molecule has 0 aliphatic heterocycles. The summed E-state index contributed by atoms with van der Waals surface area (Å²) in [6, 6.07) is 10.2. The lowest BCUT2D eigenvalue weighted by molar-refractivity contribution is -0.131. The molecule has 0 saturated heterocycles. The number of hydrogen-bond donors (Lipinski definition) is 2. The molecule has 0 fully saturated rings. The maximum absolute atomic E-state index is 13.9. The summed E-state index contributed by atoms with van der Waals surface area (Å²) in [6.07, 6.45) is -1.55. The minimum atomic E-state index is -1.55. The zero-order chi connectivity index (χ0) is 17.7. The molecule has 0 aliphatic carbocycles. The molecule has 1 atom stereocenters. The average Bonchev–Trinajstić information content (AvgIpc) is 2.60. The van der Waals surface area contributed by atoms with Gasteiger partial charge in [-0.05, 0) is 29.8 Å². The van der Waals surface area contributed by atoms with Crippen LogP contribution in [0.25, 0.3) is 0 Å². The highest BCUT2D eigenvalue weighted by Gasteiger charge is 2.28. The standard InChI is InChI=1S/C17H14F2N2O3/c1-24-16(14-12(18)6-7-13(22)15(14)19)17(23)21-9-11-4-2-10(8-20)3-5-11/h2-7,16,22H,9H2,1H3,(H,21,23)/t16-/m0/s1. The smallest absolute Gasteiger partial charge is 0.254 e. The van der Waals surface area contributed by atoms with Crippen LogP contribution in [0.4, 0.5) is 8.78 Å². The number of nitrogens with zero attached hydrogens (tertiary/aromatic N) is 1. The molecule has 0 saturated carbocycles. The van der Waals surface area contributed by atoms with Gasteiger partial charge in [0.1, 0.15) is 5.82 Å². The third-order valence-corrected chi connectivity index (χ3v) is 3.39. The van der Waals surface area contributed by atoms with E-state index in [1.54, 1.807) is 24.3 Å². The monoisotopic (exact) mass is 332 g/mol. The quantitative estimate of drug-likeness (QED) is 0.881. The molecule has 0 radical (unpaired) electrons. The molecule has 0 spiro atoms. The van der Waals surface area contributed by atoms with Crippen molar-refractivity contribution in [2.75, 3.05) is 7.11 Å². The van der Waals surface area contributed by atoms with Crippen LogP contribution in [0.15, 0.2) is 36.4 Å². The Morgan fingerprint density at radius 2 is 1.96 bits per heavy atom. The summed E-state index contributed by atoms with van der Waals surface area (Å²) in [5.74, 6) is -3.76. The summed E-state index contributed by atoms with van der Waals surface area (Å²) in [4.78, 5) is 12.2. The van der Waals surface area contributed by atoms with Crippen LogP contribution in [0.3, 0.4) is 0 Å². The number of phenols is 1. The predicted molar refractivity (Wildman–Crippen MR) is 80.8 cm³/mol. The van der Waals surface area contributed by atoms with Crippen molar-refractivity contribution in [2.45, 2.75) is 12.6 Å². The number of phenolic OH excluding ortho intramolecular Hbond substituents is 1. The van der Waals surface area contributed by atoms with Gasteiger partial charge in [0, 0.05) is 13.7 Å². The Labute approximate surface area is 137 Å². The van der Waals surface area contributed by atoms with Gasteiger partial charge in [0.15, 0.2) is 17.7 Å². The molecule has 0 unspecified atom stereocenters. The van der Waals surface area contributed by atoms with Gasteiger partial charge in [-0.2, -0.15) is 5.26 Å². The summed E-state index contributed by atoms with van der Waals surface area (Å²) in [7, 11) is 1.13. The van der Waals surface area contributed by atoms with Crippen LogP contribution in [0.2, 0.25) is 0 Å². The van der Waals surface area contributed by atoms with Gasteiger partial charge >= 0.3 is 0 Å². The van der Waals surface area contributed by atoms with Crippen molar-refractivity contribution in [3.05, 3.63) is 64.7 Å². The second-order valence-corrected chi connectivity index (χ2v) is 4.94. The Morgan fingerprint density at radius 3 is 2.54 bits per heavy atom. The second kappa shape index (κ2) is 7.53. The van der Waals surface area contributed by atoms with Crippen LogP contribution in [0, 0.1) is 23.0 Å². The molecule has 7 heteroatoms. The van der Waals surface area contributed by atoms with E-state index in [9.17, 15) is 18.7 Å². The number of nitriles is 1. The van der Waals surface area contributed by atoms with Gasteiger partial charge in [0.25, 0.3) is 5.91 Å². The lowest BCUT2D eigenvalue weighted by Crippen LogP contribution is -2.31. The number of rotatable bonds is 5. The fourth-order valence-corrected chi connectivity index (χ4v) is 2.13. The van der Waals surface area contributed by atoms with Gasteiger partial charge in [-0.25, -0.2) is 8.78 Å². The van der Waals surface area contributed by atoms with Crippen molar-refractivity contribution in [1.29, 1.82) is 5.26 Å². The summed E-state index contributed by atoms with van der Waals surface area (Å²) < 4.78 is 32.7. The number of aromatic hydroxyl groups is 1. The zero-order valence-electron chi connectivity index (χ0n) is 12.7. The first-order chi connectivity index (χ1) is 11.5. The Balaban J connectivity index is 2.15. The fraction of sp³-hybridized carbons (Fsp3) is 0.176. The number of ether oxygens (including phenoxy) is 1. The Kier molecular flexibility index (Phi) is 5.45. The minimum absolute atomic E-state index is 0.0897. The molecular formula is C17H14F2N2O3. The number of halogens is 2. The molecule has 0 heterocycles. The number of benzene rings is 2. The molecule has 2 aromatic rings. The molecule has 0 bridgehead atoms. The minimum Gasteiger partial charge on any atom is -0.505 e. The van der Waals surface area contributed by atoms with Gasteiger partial charge in [0.05, 0.1) is 17.2 Å². The topological polar surface area (TPSA) is 82.3 Å². The van der Waals surface area contributed by atoms with E-state index in [0.717, 1.165) is 19.2 Å². The zero-order valence-corrected chi connectivity index (χ0v) is 12.7. The highest BCUT2D eigenvalue weighted by atomic mass is 19.1. The highest BCUT2D eigenvalue weighted by molar-refractivity contribution is 5.82. The lowest BCUT2D eigenvalue weighted by atomic mass is 10.1. The van der Waals surface area contributed by atoms with E-state index in [1.807, 2.05) is 6.07 Å². The van der Waals surface area contributed by atoms with E-state index in [-0.39, 0.29) is 6.54 Å². The van der Waals surface area contributed by atoms with Gasteiger partial charge in [-0.1, -0.05) is 12.1 Å². The highest BCUT2D eigenvalue weighted by Crippen LogP contribution is 2.29. The molecular weight excluding hydrogens is 318 g/mol. The number of carbonyl (C=O) groups is 1. The molecule has 0 aliphatic rings. The van der Waals surface area contributed by atoms with Gasteiger partial charge in [-0.3, -0.25) is 4.79 Å². The molecule has 124 valence electrons. The Bertz CT molecular complexity index is 786. The Hall–Kier alpha value is -2.98. The van der Waals surface area contributed by atoms with Crippen LogP contribution >= 0.6 is 0 Å². The van der Waals surface area contributed by atoms with E-state index < -0.39 is 35.0 Å². The van der Waals surface area contributed by atoms with Crippen LogP contribution in [0.1, 0.15) is 22.8 Å². The van der Waals surface area contributed by atoms with Crippen LogP contribution < -0.4 is 5.32 Å². The van der Waals surface area contributed by atoms with Crippen molar-refractivity contribution in [3.8, 4) is 11.8 Å². The normalized spacial score (nSPS) is 11.6. The van der Waals surface area contributed by atoms with Crippen LogP contribution in [0.5, 0.6) is 5.75 Å². The number of methoxy groups -OCH3 is 1. The van der Waals surface area contributed by atoms with E-state index in [2.05, 4.69) is 5.32 Å². The van der Waals surface area contributed by atoms with Crippen LogP contribution in [-0.2, 0) is 16.1 Å². The molecule has 1 amide bonds. The number of nitrogens with one attached hydrogen (secondary N) is 1. The molecule has 2 rings (SSSR count). The maximum Gasteiger partial charge on any atom is 0.254 e. The molecule has 24 heavy (non-hydrogen) atoms. The van der Waals surface area contributed by atoms with Gasteiger partial charge < -0.3 is 15.2 Å². The number of hydrogen-bond acceptors (Lipinski definition) is 4. The number of amides is 1. The first-order valence-electron chi connectivity index (χ1n) is 6.94. The SMILES string of the molecule is CO[C@H](C(=O)NCc1ccc(C#N)cc1)c1c(F)ccc(O)c1F. The van der Waals surface area contributed by atoms with Crippen molar-refractivity contribution < 1.29 is 23.4 Å². The number of carbonyl (C=O) groups excluding carboxylic acids is 1. The average molecular weight is 332 g/mol. The van der Waals surface area contributed by atoms with E-state index in [0.29, 0.717) is 11.1 Å². The molecule has 2 aromatic carbocycles. The largest absolute Gasteiger partial charge is 0.505 e. The first-order valence-corrected chi connectivity index (χ1v) is 6.94. The summed E-state index contributed by atoms with van der Waals surface area (Å²) in [5, 5.41) is 20.6. The predicted octanol–water partition coefficient (Wildman–Crippen LogP) is 2.55. The van der Waals surface area contributed by atoms with E-state index >= 15 is 0 Å². The van der Waals surface area contributed by atoms with E-state index in [4.69, 9.17) is 10.00 Å². The van der Waals surface area contributed by atoms with Crippen molar-refractivity contribution in [3.63, 3.8) is 0 Å². The van der Waals surface area contributed by atoms with Crippen molar-refractivity contribution >= 4 is 5.91 Å².